The van der Waals surface area contributed by atoms with Crippen molar-refractivity contribution in [2.45, 2.75) is 32.0 Å². The fraction of sp³-hybridized carbons (Fsp3) is 0.556. The van der Waals surface area contributed by atoms with Crippen LogP contribution in [0.3, 0.4) is 0 Å². The number of likely N-dealkylation sites (tertiary alicyclic amines) is 1. The van der Waals surface area contributed by atoms with Crippen LogP contribution < -0.4 is 9.64 Å². The first-order chi connectivity index (χ1) is 13.2. The zero-order chi connectivity index (χ0) is 18.6. The Balaban J connectivity index is 1.48. The molecule has 2 aromatic heterocycles. The van der Waals surface area contributed by atoms with Crippen molar-refractivity contribution in [2.75, 3.05) is 38.3 Å². The Kier molecular flexibility index (Phi) is 5.19. The highest BCUT2D eigenvalue weighted by Crippen LogP contribution is 2.22. The molecule has 0 saturated carbocycles. The Hall–Kier alpha value is -2.68. The third kappa shape index (κ3) is 4.02. The molecule has 2 aromatic rings. The Morgan fingerprint density at radius 1 is 1.26 bits per heavy atom. The standard InChI is InChI=1S/C18H24N6O3/c1-26-17-8-16(19-13-20-17)23-9-14-4-5-21-24(14)11-15(10-23)27-12-18(25)22-6-2-3-7-22/h4-5,8,13,15H,2-3,6-7,9-12H2,1H3. The highest BCUT2D eigenvalue weighted by molar-refractivity contribution is 5.77. The third-order valence-electron chi connectivity index (χ3n) is 5.02. The van der Waals surface area contributed by atoms with Crippen molar-refractivity contribution in [1.29, 1.82) is 0 Å². The van der Waals surface area contributed by atoms with Gasteiger partial charge in [-0.15, -0.1) is 0 Å². The Morgan fingerprint density at radius 2 is 2.11 bits per heavy atom. The number of nitrogens with zero attached hydrogens (tertiary/aromatic N) is 6. The normalized spacial score (nSPS) is 19.7. The lowest BCUT2D eigenvalue weighted by Crippen LogP contribution is -2.37. The minimum absolute atomic E-state index is 0.0627. The molecule has 4 heterocycles. The molecule has 1 amide bonds. The van der Waals surface area contributed by atoms with Gasteiger partial charge in [-0.05, 0) is 18.9 Å². The van der Waals surface area contributed by atoms with E-state index in [1.807, 2.05) is 15.6 Å². The van der Waals surface area contributed by atoms with Crippen molar-refractivity contribution in [3.8, 4) is 5.88 Å². The number of ether oxygens (including phenoxy) is 2. The van der Waals surface area contributed by atoms with Crippen molar-refractivity contribution in [2.24, 2.45) is 0 Å². The van der Waals surface area contributed by atoms with E-state index in [0.29, 0.717) is 25.5 Å². The van der Waals surface area contributed by atoms with Crippen molar-refractivity contribution in [1.82, 2.24) is 24.6 Å². The van der Waals surface area contributed by atoms with E-state index in [2.05, 4.69) is 20.0 Å². The minimum Gasteiger partial charge on any atom is -0.481 e. The summed E-state index contributed by atoms with van der Waals surface area (Å²) in [6.07, 6.45) is 5.26. The summed E-state index contributed by atoms with van der Waals surface area (Å²) in [6.45, 7) is 3.64. The zero-order valence-electron chi connectivity index (χ0n) is 15.5. The van der Waals surface area contributed by atoms with E-state index in [9.17, 15) is 4.79 Å². The monoisotopic (exact) mass is 372 g/mol. The van der Waals surface area contributed by atoms with Crippen molar-refractivity contribution < 1.29 is 14.3 Å². The Morgan fingerprint density at radius 3 is 2.93 bits per heavy atom. The SMILES string of the molecule is COc1cc(N2Cc3ccnn3CC(OCC(=O)N3CCCC3)C2)ncn1. The van der Waals surface area contributed by atoms with Crippen molar-refractivity contribution in [3.63, 3.8) is 0 Å². The summed E-state index contributed by atoms with van der Waals surface area (Å²) in [6, 6.07) is 3.79. The Labute approximate surface area is 157 Å². The molecule has 4 rings (SSSR count). The number of hydrogen-bond acceptors (Lipinski definition) is 7. The van der Waals surface area contributed by atoms with Gasteiger partial charge in [0.2, 0.25) is 11.8 Å². The summed E-state index contributed by atoms with van der Waals surface area (Å²) in [7, 11) is 1.58. The fourth-order valence-electron chi connectivity index (χ4n) is 3.56. The summed E-state index contributed by atoms with van der Waals surface area (Å²) in [4.78, 5) is 24.8. The highest BCUT2D eigenvalue weighted by atomic mass is 16.5. The molecule has 27 heavy (non-hydrogen) atoms. The van der Waals surface area contributed by atoms with Crippen LogP contribution in [-0.4, -0.2) is 70.0 Å². The number of hydrogen-bond donors (Lipinski definition) is 0. The number of anilines is 1. The van der Waals surface area contributed by atoms with E-state index in [-0.39, 0.29) is 18.6 Å². The molecule has 1 saturated heterocycles. The van der Waals surface area contributed by atoms with Gasteiger partial charge >= 0.3 is 0 Å². The number of fused-ring (bicyclic) bond motifs is 1. The number of carbonyl (C=O) groups is 1. The van der Waals surface area contributed by atoms with E-state index >= 15 is 0 Å². The van der Waals surface area contributed by atoms with Crippen molar-refractivity contribution in [3.05, 3.63) is 30.4 Å². The van der Waals surface area contributed by atoms with Gasteiger partial charge in [-0.1, -0.05) is 0 Å². The summed E-state index contributed by atoms with van der Waals surface area (Å²) in [5.41, 5.74) is 1.07. The lowest BCUT2D eigenvalue weighted by molar-refractivity contribution is -0.137. The topological polar surface area (TPSA) is 85.6 Å². The van der Waals surface area contributed by atoms with Crippen LogP contribution in [0.2, 0.25) is 0 Å². The van der Waals surface area contributed by atoms with Crippen LogP contribution in [0.15, 0.2) is 24.7 Å². The predicted molar refractivity (Wildman–Crippen MR) is 97.4 cm³/mol. The minimum atomic E-state index is -0.168. The molecule has 0 radical (unpaired) electrons. The number of amides is 1. The highest BCUT2D eigenvalue weighted by Gasteiger charge is 2.26. The molecule has 9 heteroatoms. The number of methoxy groups -OCH3 is 1. The van der Waals surface area contributed by atoms with E-state index in [1.165, 1.54) is 6.33 Å². The summed E-state index contributed by atoms with van der Waals surface area (Å²) in [5.74, 6) is 1.34. The van der Waals surface area contributed by atoms with Gasteiger partial charge in [0.1, 0.15) is 18.8 Å². The summed E-state index contributed by atoms with van der Waals surface area (Å²) in [5, 5.41) is 4.39. The number of rotatable bonds is 5. The first-order valence-electron chi connectivity index (χ1n) is 9.24. The second kappa shape index (κ2) is 7.91. The molecule has 9 nitrogen and oxygen atoms in total. The largest absolute Gasteiger partial charge is 0.481 e. The van der Waals surface area contributed by atoms with E-state index < -0.39 is 0 Å². The van der Waals surface area contributed by atoms with E-state index in [1.54, 1.807) is 19.4 Å². The first kappa shape index (κ1) is 17.7. The van der Waals surface area contributed by atoms with Gasteiger partial charge in [-0.3, -0.25) is 9.48 Å². The molecule has 0 bridgehead atoms. The molecule has 0 aliphatic carbocycles. The van der Waals surface area contributed by atoms with Crippen LogP contribution in [0.4, 0.5) is 5.82 Å². The van der Waals surface area contributed by atoms with Crippen LogP contribution in [0.1, 0.15) is 18.5 Å². The average molecular weight is 372 g/mol. The molecular weight excluding hydrogens is 348 g/mol. The maximum Gasteiger partial charge on any atom is 0.248 e. The molecule has 2 aliphatic rings. The number of aromatic nitrogens is 4. The quantitative estimate of drug-likeness (QED) is 0.764. The molecule has 0 N–H and O–H groups in total. The van der Waals surface area contributed by atoms with Crippen LogP contribution in [0, 0.1) is 0 Å². The van der Waals surface area contributed by atoms with Crippen LogP contribution >= 0.6 is 0 Å². The van der Waals surface area contributed by atoms with Crippen LogP contribution in [0.5, 0.6) is 5.88 Å². The molecule has 1 unspecified atom stereocenters. The first-order valence-corrected chi connectivity index (χ1v) is 9.24. The van der Waals surface area contributed by atoms with Gasteiger partial charge in [-0.25, -0.2) is 9.97 Å². The van der Waals surface area contributed by atoms with Gasteiger partial charge < -0.3 is 19.3 Å². The summed E-state index contributed by atoms with van der Waals surface area (Å²) >= 11 is 0. The van der Waals surface area contributed by atoms with Gasteiger partial charge in [0.25, 0.3) is 0 Å². The second-order valence-electron chi connectivity index (χ2n) is 6.82. The summed E-state index contributed by atoms with van der Waals surface area (Å²) < 4.78 is 13.2. The van der Waals surface area contributed by atoms with Gasteiger partial charge in [0.15, 0.2) is 0 Å². The Bertz CT molecular complexity index is 789. The average Bonchev–Trinajstić information content (AvgIpc) is 3.35. The maximum absolute atomic E-state index is 12.3. The fourth-order valence-corrected chi connectivity index (χ4v) is 3.56. The lowest BCUT2D eigenvalue weighted by Gasteiger charge is -2.25. The van der Waals surface area contributed by atoms with Crippen LogP contribution in [0.25, 0.3) is 0 Å². The molecule has 1 fully saturated rings. The third-order valence-corrected chi connectivity index (χ3v) is 5.02. The molecular formula is C18H24N6O3. The van der Waals surface area contributed by atoms with Gasteiger partial charge in [-0.2, -0.15) is 5.10 Å². The molecule has 144 valence electrons. The molecule has 0 aromatic carbocycles. The lowest BCUT2D eigenvalue weighted by atomic mass is 10.3. The maximum atomic E-state index is 12.3. The molecule has 0 spiro atoms. The second-order valence-corrected chi connectivity index (χ2v) is 6.82. The number of carbonyl (C=O) groups excluding carboxylic acids is 1. The smallest absolute Gasteiger partial charge is 0.248 e. The zero-order valence-corrected chi connectivity index (χ0v) is 15.5. The molecule has 2 aliphatic heterocycles. The molecule has 1 atom stereocenters. The van der Waals surface area contributed by atoms with Crippen molar-refractivity contribution >= 4 is 11.7 Å². The predicted octanol–water partition coefficient (Wildman–Crippen LogP) is 0.709. The van der Waals surface area contributed by atoms with E-state index in [0.717, 1.165) is 37.4 Å². The van der Waals surface area contributed by atoms with E-state index in [4.69, 9.17) is 9.47 Å². The van der Waals surface area contributed by atoms with Gasteiger partial charge in [0.05, 0.1) is 32.0 Å². The van der Waals surface area contributed by atoms with Gasteiger partial charge in [0, 0.05) is 31.9 Å². The van der Waals surface area contributed by atoms with Crippen LogP contribution in [-0.2, 0) is 22.6 Å².